The molecule has 4 unspecified atom stereocenters. The molecule has 6 heterocycles. The Balaban J connectivity index is 0.000000129. The highest BCUT2D eigenvalue weighted by Crippen LogP contribution is 2.48. The van der Waals surface area contributed by atoms with Crippen LogP contribution in [0.3, 0.4) is 0 Å². The van der Waals surface area contributed by atoms with Crippen LogP contribution in [0.2, 0.25) is 0 Å². The molecule has 0 spiro atoms. The van der Waals surface area contributed by atoms with Crippen molar-refractivity contribution < 1.29 is 99.1 Å². The first-order valence-corrected chi connectivity index (χ1v) is 19.4. The summed E-state index contributed by atoms with van der Waals surface area (Å²) < 4.78 is 69.4. The van der Waals surface area contributed by atoms with E-state index in [1.54, 1.807) is 12.1 Å². The molecular formula is C45H23F3O18. The summed E-state index contributed by atoms with van der Waals surface area (Å²) in [5.41, 5.74) is -2.05. The van der Waals surface area contributed by atoms with Crippen LogP contribution < -0.4 is 0 Å². The van der Waals surface area contributed by atoms with Crippen molar-refractivity contribution in [2.45, 2.75) is 31.4 Å². The molecule has 0 radical (unpaired) electrons. The highest BCUT2D eigenvalue weighted by atomic mass is 19.4. The molecule has 332 valence electrons. The number of alkyl halides is 3. The van der Waals surface area contributed by atoms with Gasteiger partial charge in [0.1, 0.15) is 5.41 Å². The van der Waals surface area contributed by atoms with E-state index in [9.17, 15) is 70.7 Å². The van der Waals surface area contributed by atoms with Crippen molar-refractivity contribution in [1.29, 1.82) is 0 Å². The molecular weight excluding hydrogens is 885 g/mol. The number of hydrogen-bond donors (Lipinski definition) is 0. The second-order valence-corrected chi connectivity index (χ2v) is 15.7. The Morgan fingerprint density at radius 2 is 0.621 bits per heavy atom. The molecule has 0 bridgehead atoms. The lowest BCUT2D eigenvalue weighted by molar-refractivity contribution is -0.173. The van der Waals surface area contributed by atoms with Crippen LogP contribution in [0.25, 0.3) is 11.1 Å². The van der Waals surface area contributed by atoms with E-state index in [1.165, 1.54) is 24.3 Å². The van der Waals surface area contributed by atoms with Crippen LogP contribution in [-0.4, -0.2) is 77.8 Å². The van der Waals surface area contributed by atoms with Gasteiger partial charge in [-0.3, -0.25) is 19.2 Å². The summed E-state index contributed by atoms with van der Waals surface area (Å²) >= 11 is 0. The molecule has 0 N–H and O–H groups in total. The van der Waals surface area contributed by atoms with Gasteiger partial charge in [-0.2, -0.15) is 13.2 Å². The lowest BCUT2D eigenvalue weighted by Crippen LogP contribution is -2.41. The summed E-state index contributed by atoms with van der Waals surface area (Å²) in [5.74, 6) is -11.3. The first-order valence-electron chi connectivity index (χ1n) is 19.4. The average Bonchev–Trinajstić information content (AvgIpc) is 4.07. The Labute approximate surface area is 364 Å². The fraction of sp³-hybridized carbons (Fsp3) is 0.200. The highest BCUT2D eigenvalue weighted by Gasteiger charge is 2.58. The average molecular weight is 909 g/mol. The zero-order chi connectivity index (χ0) is 47.3. The Bertz CT molecular complexity index is 2820. The SMILES string of the molecule is CC(c1ccc2c(c1)C(=O)OC2=O)(c1ccc2c(c1)C(=O)OC2=O)C(F)(F)F.O=C1OC(=O)C2CC3C(=O)OC(=O)C3CC12.O=C1OC(=O)c2cc(-c3ccc4c(c3)C(=O)OC4=O)ccc21. The Morgan fingerprint density at radius 1 is 0.364 bits per heavy atom. The molecule has 11 rings (SSSR count). The van der Waals surface area contributed by atoms with Crippen LogP contribution in [-0.2, 0) is 53.0 Å². The van der Waals surface area contributed by atoms with Gasteiger partial charge in [0.05, 0.1) is 68.2 Å². The van der Waals surface area contributed by atoms with Crippen molar-refractivity contribution in [3.8, 4) is 11.1 Å². The number of rotatable bonds is 3. The second kappa shape index (κ2) is 15.1. The number of fused-ring (bicyclic) bond motifs is 6. The molecule has 1 saturated carbocycles. The minimum atomic E-state index is -4.84. The van der Waals surface area contributed by atoms with E-state index >= 15 is 0 Å². The maximum Gasteiger partial charge on any atom is 0.402 e. The maximum atomic E-state index is 14.2. The monoisotopic (exact) mass is 908 g/mol. The number of carbonyl (C=O) groups excluding carboxylic acids is 12. The van der Waals surface area contributed by atoms with Gasteiger partial charge < -0.3 is 28.4 Å². The summed E-state index contributed by atoms with van der Waals surface area (Å²) in [6.45, 7) is 0.876. The summed E-state index contributed by atoms with van der Waals surface area (Å²) in [6.07, 6.45) is -4.47. The number of benzene rings is 4. The van der Waals surface area contributed by atoms with Gasteiger partial charge >= 0.3 is 77.8 Å². The van der Waals surface area contributed by atoms with E-state index in [4.69, 9.17) is 0 Å². The number of esters is 12. The van der Waals surface area contributed by atoms with Crippen molar-refractivity contribution in [3.63, 3.8) is 0 Å². The Kier molecular flexibility index (Phi) is 9.77. The van der Waals surface area contributed by atoms with Crippen molar-refractivity contribution in [2.24, 2.45) is 23.7 Å². The van der Waals surface area contributed by atoms with E-state index in [2.05, 4.69) is 28.4 Å². The fourth-order valence-electron chi connectivity index (χ4n) is 8.56. The topological polar surface area (TPSA) is 260 Å². The number of ether oxygens (including phenoxy) is 6. The third-order valence-electron chi connectivity index (χ3n) is 12.2. The lowest BCUT2D eigenvalue weighted by atomic mass is 9.70. The number of halogens is 3. The molecule has 2 saturated heterocycles. The molecule has 66 heavy (non-hydrogen) atoms. The normalized spacial score (nSPS) is 22.0. The van der Waals surface area contributed by atoms with Crippen LogP contribution in [0.15, 0.2) is 72.8 Å². The summed E-state index contributed by atoms with van der Waals surface area (Å²) in [7, 11) is 0. The molecule has 7 aliphatic rings. The van der Waals surface area contributed by atoms with E-state index < -0.39 is 107 Å². The first-order chi connectivity index (χ1) is 31.2. The third-order valence-corrected chi connectivity index (χ3v) is 12.2. The zero-order valence-electron chi connectivity index (χ0n) is 33.1. The Morgan fingerprint density at radius 3 is 0.909 bits per heavy atom. The quantitative estimate of drug-likeness (QED) is 0.155. The Hall–Kier alpha value is -8.49. The van der Waals surface area contributed by atoms with E-state index in [0.717, 1.165) is 43.3 Å². The number of hydrogen-bond acceptors (Lipinski definition) is 18. The van der Waals surface area contributed by atoms with Gasteiger partial charge in [-0.25, -0.2) is 38.4 Å². The molecule has 18 nitrogen and oxygen atoms in total. The van der Waals surface area contributed by atoms with Crippen LogP contribution in [0, 0.1) is 23.7 Å². The summed E-state index contributed by atoms with van der Waals surface area (Å²) in [5, 5.41) is 0. The number of cyclic esters (lactones) is 12. The van der Waals surface area contributed by atoms with Crippen LogP contribution in [0.5, 0.6) is 0 Å². The minimum absolute atomic E-state index is 0.124. The molecule has 4 aromatic carbocycles. The lowest BCUT2D eigenvalue weighted by Gasteiger charge is -2.33. The van der Waals surface area contributed by atoms with E-state index in [-0.39, 0.29) is 68.5 Å². The zero-order valence-corrected chi connectivity index (χ0v) is 33.1. The van der Waals surface area contributed by atoms with Gasteiger partial charge in [-0.15, -0.1) is 0 Å². The molecule has 3 fully saturated rings. The largest absolute Gasteiger partial charge is 0.402 e. The highest BCUT2D eigenvalue weighted by molar-refractivity contribution is 6.17. The minimum Gasteiger partial charge on any atom is -0.393 e. The molecule has 0 amide bonds. The smallest absolute Gasteiger partial charge is 0.393 e. The van der Waals surface area contributed by atoms with Crippen molar-refractivity contribution in [1.82, 2.24) is 0 Å². The molecule has 6 aliphatic heterocycles. The molecule has 0 aromatic heterocycles. The third kappa shape index (κ3) is 6.73. The predicted octanol–water partition coefficient (Wildman–Crippen LogP) is 4.56. The van der Waals surface area contributed by atoms with Crippen molar-refractivity contribution in [3.05, 3.63) is 128 Å². The van der Waals surface area contributed by atoms with Crippen LogP contribution in [0.4, 0.5) is 13.2 Å². The van der Waals surface area contributed by atoms with Gasteiger partial charge in [0.15, 0.2) is 0 Å². The van der Waals surface area contributed by atoms with Gasteiger partial charge in [-0.1, -0.05) is 24.3 Å². The van der Waals surface area contributed by atoms with E-state index in [0.29, 0.717) is 11.1 Å². The van der Waals surface area contributed by atoms with Gasteiger partial charge in [0.2, 0.25) is 0 Å². The van der Waals surface area contributed by atoms with Crippen LogP contribution in [0.1, 0.15) is 114 Å². The van der Waals surface area contributed by atoms with Crippen LogP contribution >= 0.6 is 0 Å². The maximum absolute atomic E-state index is 14.2. The van der Waals surface area contributed by atoms with Gasteiger partial charge in [0.25, 0.3) is 0 Å². The first kappa shape index (κ1) is 42.8. The van der Waals surface area contributed by atoms with Gasteiger partial charge in [0, 0.05) is 0 Å². The van der Waals surface area contributed by atoms with Crippen molar-refractivity contribution in [2.75, 3.05) is 0 Å². The molecule has 4 aromatic rings. The van der Waals surface area contributed by atoms with E-state index in [1.807, 2.05) is 0 Å². The molecule has 21 heteroatoms. The molecule has 4 atom stereocenters. The molecule has 1 aliphatic carbocycles. The summed E-state index contributed by atoms with van der Waals surface area (Å²) in [4.78, 5) is 138. The van der Waals surface area contributed by atoms with Crippen molar-refractivity contribution >= 4 is 71.6 Å². The van der Waals surface area contributed by atoms with Gasteiger partial charge in [-0.05, 0) is 90.6 Å². The predicted molar refractivity (Wildman–Crippen MR) is 202 cm³/mol. The fourth-order valence-corrected chi connectivity index (χ4v) is 8.56. The second-order valence-electron chi connectivity index (χ2n) is 15.7. The number of carbonyl (C=O) groups is 12. The summed E-state index contributed by atoms with van der Waals surface area (Å²) in [6, 6.07) is 15.5. The standard InChI is InChI=1S/C19H9F3O6.C16H6O6.C10H8O6/c1-18(19(20,21)22,8-2-4-10-12(6-8)16(25)27-14(10)23)9-3-5-11-13(7-9)17(26)28-15(11)24;17-13-9-3-1-7(5-11(9)15(19)21-13)8-2-4-10-12(6-8)16(20)22-14(10)18;11-7-3-1-4-6(10(14)16-8(4)12)2-5(3)9(13)15-7/h2-7H,1H3;1-6H;3-6H,1-2H2.